The summed E-state index contributed by atoms with van der Waals surface area (Å²) in [5, 5.41) is 6.93. The molecule has 1 heterocycles. The van der Waals surface area contributed by atoms with Crippen LogP contribution in [-0.4, -0.2) is 24.6 Å². The summed E-state index contributed by atoms with van der Waals surface area (Å²) in [6, 6.07) is 1.05. The molecule has 0 spiro atoms. The Morgan fingerprint density at radius 2 is 2.05 bits per heavy atom. The zero-order valence-corrected chi connectivity index (χ0v) is 14.0. The highest BCUT2D eigenvalue weighted by molar-refractivity contribution is 7.13. The maximum atomic E-state index is 4.85. The molecular weight excluding hydrogens is 266 g/mol. The SMILES string of the molecule is CCCNC(C)c1csc(N(C)C2CCCCCC2)n1. The number of aromatic nitrogens is 1. The lowest BCUT2D eigenvalue weighted by Gasteiger charge is -2.26. The van der Waals surface area contributed by atoms with E-state index in [2.05, 4.69) is 36.5 Å². The van der Waals surface area contributed by atoms with Crippen LogP contribution in [0.5, 0.6) is 0 Å². The number of anilines is 1. The first-order chi connectivity index (χ1) is 9.72. The second kappa shape index (κ2) is 7.99. The molecule has 2 rings (SSSR count). The van der Waals surface area contributed by atoms with Crippen LogP contribution in [0.15, 0.2) is 5.38 Å². The fourth-order valence-electron chi connectivity index (χ4n) is 2.90. The van der Waals surface area contributed by atoms with Crippen molar-refractivity contribution in [3.05, 3.63) is 11.1 Å². The van der Waals surface area contributed by atoms with Crippen molar-refractivity contribution < 1.29 is 0 Å². The van der Waals surface area contributed by atoms with Crippen molar-refractivity contribution in [2.45, 2.75) is 70.9 Å². The van der Waals surface area contributed by atoms with Crippen LogP contribution in [0.1, 0.15) is 70.5 Å². The lowest BCUT2D eigenvalue weighted by molar-refractivity contribution is 0.545. The minimum Gasteiger partial charge on any atom is -0.348 e. The van der Waals surface area contributed by atoms with Gasteiger partial charge in [-0.15, -0.1) is 11.3 Å². The molecule has 1 fully saturated rings. The molecule has 1 atom stereocenters. The van der Waals surface area contributed by atoms with E-state index in [9.17, 15) is 0 Å². The van der Waals surface area contributed by atoms with Gasteiger partial charge in [0.1, 0.15) is 0 Å². The average Bonchev–Trinajstić information content (AvgIpc) is 2.80. The summed E-state index contributed by atoms with van der Waals surface area (Å²) in [5.41, 5.74) is 1.19. The van der Waals surface area contributed by atoms with Crippen LogP contribution in [0.25, 0.3) is 0 Å². The van der Waals surface area contributed by atoms with Gasteiger partial charge in [0.15, 0.2) is 5.13 Å². The van der Waals surface area contributed by atoms with Crippen LogP contribution in [0, 0.1) is 0 Å². The molecule has 1 aliphatic rings. The number of hydrogen-bond acceptors (Lipinski definition) is 4. The van der Waals surface area contributed by atoms with Gasteiger partial charge >= 0.3 is 0 Å². The van der Waals surface area contributed by atoms with Crippen LogP contribution in [-0.2, 0) is 0 Å². The third-order valence-electron chi connectivity index (χ3n) is 4.33. The summed E-state index contributed by atoms with van der Waals surface area (Å²) < 4.78 is 0. The average molecular weight is 295 g/mol. The first kappa shape index (κ1) is 15.8. The van der Waals surface area contributed by atoms with E-state index in [4.69, 9.17) is 4.98 Å². The molecular formula is C16H29N3S. The topological polar surface area (TPSA) is 28.2 Å². The van der Waals surface area contributed by atoms with Gasteiger partial charge in [-0.3, -0.25) is 0 Å². The highest BCUT2D eigenvalue weighted by Gasteiger charge is 2.20. The van der Waals surface area contributed by atoms with Crippen molar-refractivity contribution in [2.75, 3.05) is 18.5 Å². The maximum Gasteiger partial charge on any atom is 0.185 e. The number of rotatable bonds is 6. The van der Waals surface area contributed by atoms with Crippen LogP contribution in [0.4, 0.5) is 5.13 Å². The molecule has 0 aromatic carbocycles. The highest BCUT2D eigenvalue weighted by Crippen LogP contribution is 2.29. The Bertz CT molecular complexity index is 383. The van der Waals surface area contributed by atoms with Crippen LogP contribution in [0.2, 0.25) is 0 Å². The van der Waals surface area contributed by atoms with Gasteiger partial charge in [-0.25, -0.2) is 4.98 Å². The van der Waals surface area contributed by atoms with Gasteiger partial charge in [-0.05, 0) is 32.7 Å². The Hall–Kier alpha value is -0.610. The molecule has 0 aliphatic heterocycles. The van der Waals surface area contributed by atoms with E-state index < -0.39 is 0 Å². The van der Waals surface area contributed by atoms with Crippen molar-refractivity contribution >= 4 is 16.5 Å². The van der Waals surface area contributed by atoms with Crippen molar-refractivity contribution in [3.8, 4) is 0 Å². The van der Waals surface area contributed by atoms with Gasteiger partial charge in [0.2, 0.25) is 0 Å². The number of thiazole rings is 1. The Kier molecular flexibility index (Phi) is 6.30. The van der Waals surface area contributed by atoms with Gasteiger partial charge in [-0.2, -0.15) is 0 Å². The van der Waals surface area contributed by atoms with E-state index in [0.717, 1.165) is 6.54 Å². The summed E-state index contributed by atoms with van der Waals surface area (Å²) in [6.45, 7) is 5.47. The largest absolute Gasteiger partial charge is 0.348 e. The second-order valence-corrected chi connectivity index (χ2v) is 6.82. The van der Waals surface area contributed by atoms with Gasteiger partial charge in [-0.1, -0.05) is 32.6 Å². The Morgan fingerprint density at radius 3 is 2.70 bits per heavy atom. The number of nitrogens with one attached hydrogen (secondary N) is 1. The van der Waals surface area contributed by atoms with E-state index in [0.29, 0.717) is 12.1 Å². The molecule has 4 heteroatoms. The summed E-state index contributed by atoms with van der Waals surface area (Å²) in [5.74, 6) is 0. The molecule has 0 bridgehead atoms. The lowest BCUT2D eigenvalue weighted by Crippen LogP contribution is -2.31. The fourth-order valence-corrected chi connectivity index (χ4v) is 3.86. The summed E-state index contributed by atoms with van der Waals surface area (Å²) in [4.78, 5) is 7.27. The highest BCUT2D eigenvalue weighted by atomic mass is 32.1. The normalized spacial score (nSPS) is 18.8. The summed E-state index contributed by atoms with van der Waals surface area (Å²) in [7, 11) is 2.22. The Balaban J connectivity index is 1.96. The third-order valence-corrected chi connectivity index (χ3v) is 5.28. The van der Waals surface area contributed by atoms with Crippen molar-refractivity contribution in [1.29, 1.82) is 0 Å². The minimum atomic E-state index is 0.363. The standard InChI is InChI=1S/C16H29N3S/c1-4-11-17-13(2)15-12-20-16(18-15)19(3)14-9-7-5-6-8-10-14/h12-14,17H,4-11H2,1-3H3. The quantitative estimate of drug-likeness (QED) is 0.790. The first-order valence-electron chi connectivity index (χ1n) is 8.14. The van der Waals surface area contributed by atoms with Crippen molar-refractivity contribution in [3.63, 3.8) is 0 Å². The first-order valence-corrected chi connectivity index (χ1v) is 9.02. The molecule has 1 aromatic heterocycles. The van der Waals surface area contributed by atoms with Gasteiger partial charge in [0.05, 0.1) is 5.69 Å². The Labute approximate surface area is 127 Å². The predicted octanol–water partition coefficient (Wildman–Crippen LogP) is 4.36. The zero-order chi connectivity index (χ0) is 14.4. The number of hydrogen-bond donors (Lipinski definition) is 1. The molecule has 114 valence electrons. The van der Waals surface area contributed by atoms with Gasteiger partial charge < -0.3 is 10.2 Å². The summed E-state index contributed by atoms with van der Waals surface area (Å²) >= 11 is 1.79. The summed E-state index contributed by atoms with van der Waals surface area (Å²) in [6.07, 6.45) is 9.40. The smallest absolute Gasteiger partial charge is 0.185 e. The molecule has 0 amide bonds. The van der Waals surface area contributed by atoms with E-state index in [-0.39, 0.29) is 0 Å². The van der Waals surface area contributed by atoms with Crippen molar-refractivity contribution in [2.24, 2.45) is 0 Å². The monoisotopic (exact) mass is 295 g/mol. The molecule has 3 nitrogen and oxygen atoms in total. The molecule has 1 unspecified atom stereocenters. The van der Waals surface area contributed by atoms with Gasteiger partial charge in [0, 0.05) is 24.5 Å². The van der Waals surface area contributed by atoms with Gasteiger partial charge in [0.25, 0.3) is 0 Å². The van der Waals surface area contributed by atoms with Crippen LogP contribution in [0.3, 0.4) is 0 Å². The van der Waals surface area contributed by atoms with E-state index >= 15 is 0 Å². The third kappa shape index (κ3) is 4.19. The molecule has 20 heavy (non-hydrogen) atoms. The molecule has 1 aromatic rings. The molecule has 0 saturated heterocycles. The Morgan fingerprint density at radius 1 is 1.35 bits per heavy atom. The molecule has 1 saturated carbocycles. The maximum absolute atomic E-state index is 4.85. The van der Waals surface area contributed by atoms with E-state index in [1.807, 2.05) is 0 Å². The molecule has 0 radical (unpaired) electrons. The number of nitrogens with zero attached hydrogens (tertiary/aromatic N) is 2. The van der Waals surface area contributed by atoms with Crippen molar-refractivity contribution in [1.82, 2.24) is 10.3 Å². The molecule has 1 aliphatic carbocycles. The lowest BCUT2D eigenvalue weighted by atomic mass is 10.1. The fraction of sp³-hybridized carbons (Fsp3) is 0.812. The van der Waals surface area contributed by atoms with E-state index in [1.165, 1.54) is 55.8 Å². The molecule has 1 N–H and O–H groups in total. The minimum absolute atomic E-state index is 0.363. The van der Waals surface area contributed by atoms with E-state index in [1.54, 1.807) is 11.3 Å². The zero-order valence-electron chi connectivity index (χ0n) is 13.2. The van der Waals surface area contributed by atoms with Crippen LogP contribution < -0.4 is 10.2 Å². The second-order valence-electron chi connectivity index (χ2n) is 5.99. The predicted molar refractivity (Wildman–Crippen MR) is 88.7 cm³/mol. The van der Waals surface area contributed by atoms with Crippen LogP contribution >= 0.6 is 11.3 Å².